The second-order valence-corrected chi connectivity index (χ2v) is 9.99. The summed E-state index contributed by atoms with van der Waals surface area (Å²) in [5, 5.41) is 0. The molecule has 4 aliphatic rings. The fourth-order valence-electron chi connectivity index (χ4n) is 6.79. The Morgan fingerprint density at radius 3 is 2.70 bits per heavy atom. The molecule has 4 rings (SSSR count). The Labute approximate surface area is 161 Å². The van der Waals surface area contributed by atoms with Gasteiger partial charge in [0.15, 0.2) is 0 Å². The molecule has 27 heavy (non-hydrogen) atoms. The fraction of sp³-hybridized carbons (Fsp3) is 0.818. The van der Waals surface area contributed by atoms with Crippen molar-refractivity contribution in [2.45, 2.75) is 78.8 Å². The summed E-state index contributed by atoms with van der Waals surface area (Å²) in [7, 11) is 0. The van der Waals surface area contributed by atoms with Crippen molar-refractivity contribution >= 4 is 11.9 Å². The number of esters is 2. The lowest BCUT2D eigenvalue weighted by Crippen LogP contribution is -2.44. The molecule has 150 valence electrons. The van der Waals surface area contributed by atoms with Gasteiger partial charge < -0.3 is 14.2 Å². The first-order valence-corrected chi connectivity index (χ1v) is 10.3. The molecule has 2 aliphatic carbocycles. The Hall–Kier alpha value is -1.36. The van der Waals surface area contributed by atoms with E-state index in [1.807, 2.05) is 0 Å². The lowest BCUT2D eigenvalue weighted by atomic mass is 9.59. The van der Waals surface area contributed by atoms with Crippen LogP contribution in [0.3, 0.4) is 0 Å². The summed E-state index contributed by atoms with van der Waals surface area (Å²) < 4.78 is 16.9. The van der Waals surface area contributed by atoms with Gasteiger partial charge in [-0.15, -0.1) is 0 Å². The second kappa shape index (κ2) is 6.33. The number of carbonyl (C=O) groups is 2. The van der Waals surface area contributed by atoms with E-state index >= 15 is 0 Å². The Morgan fingerprint density at radius 2 is 2.00 bits per heavy atom. The van der Waals surface area contributed by atoms with Crippen molar-refractivity contribution in [1.82, 2.24) is 0 Å². The topological polar surface area (TPSA) is 61.8 Å². The van der Waals surface area contributed by atoms with Crippen molar-refractivity contribution in [2.75, 3.05) is 0 Å². The van der Waals surface area contributed by atoms with Crippen LogP contribution < -0.4 is 0 Å². The maximum atomic E-state index is 11.9. The van der Waals surface area contributed by atoms with E-state index in [4.69, 9.17) is 14.2 Å². The summed E-state index contributed by atoms with van der Waals surface area (Å²) in [6.45, 7) is 13.0. The van der Waals surface area contributed by atoms with Crippen LogP contribution in [-0.4, -0.2) is 24.5 Å². The number of ether oxygens (including phenoxy) is 3. The zero-order valence-electron chi connectivity index (χ0n) is 17.0. The summed E-state index contributed by atoms with van der Waals surface area (Å²) in [5.74, 6) is 0.260. The van der Waals surface area contributed by atoms with Crippen LogP contribution in [0.5, 0.6) is 0 Å². The van der Waals surface area contributed by atoms with Gasteiger partial charge in [-0.2, -0.15) is 0 Å². The highest BCUT2D eigenvalue weighted by Gasteiger charge is 2.64. The van der Waals surface area contributed by atoms with Crippen LogP contribution in [0.15, 0.2) is 12.2 Å². The van der Waals surface area contributed by atoms with Crippen molar-refractivity contribution in [3.8, 4) is 0 Å². The van der Waals surface area contributed by atoms with Gasteiger partial charge in [0.05, 0.1) is 6.42 Å². The highest BCUT2D eigenvalue weighted by Crippen LogP contribution is 2.65. The van der Waals surface area contributed by atoms with Gasteiger partial charge in [-0.3, -0.25) is 9.59 Å². The average Bonchev–Trinajstić information content (AvgIpc) is 3.14. The number of fused-ring (bicyclic) bond motifs is 2. The molecule has 5 nitrogen and oxygen atoms in total. The minimum absolute atomic E-state index is 0.0431. The van der Waals surface area contributed by atoms with E-state index in [2.05, 4.69) is 27.4 Å². The molecular weight excluding hydrogens is 344 g/mol. The third kappa shape index (κ3) is 2.93. The van der Waals surface area contributed by atoms with Gasteiger partial charge in [0, 0.05) is 18.8 Å². The third-order valence-corrected chi connectivity index (χ3v) is 7.94. The molecule has 5 heteroatoms. The van der Waals surface area contributed by atoms with Crippen molar-refractivity contribution in [1.29, 1.82) is 0 Å². The molecule has 2 saturated heterocycles. The Balaban J connectivity index is 1.73. The Morgan fingerprint density at radius 1 is 1.26 bits per heavy atom. The monoisotopic (exact) mass is 376 g/mol. The third-order valence-electron chi connectivity index (χ3n) is 7.94. The molecule has 0 spiro atoms. The maximum absolute atomic E-state index is 11.9. The van der Waals surface area contributed by atoms with Crippen molar-refractivity contribution < 1.29 is 23.8 Å². The molecular formula is C22H32O5. The van der Waals surface area contributed by atoms with Crippen LogP contribution in [0.2, 0.25) is 0 Å². The van der Waals surface area contributed by atoms with Gasteiger partial charge in [-0.25, -0.2) is 0 Å². The SMILES string of the molecule is C=C1CCCC(C)(C)C2CCC(C)(C3C(OC(C)=O)OC4OC(=O)CC43)C12. The van der Waals surface area contributed by atoms with Crippen molar-refractivity contribution in [3.05, 3.63) is 12.2 Å². The largest absolute Gasteiger partial charge is 0.435 e. The van der Waals surface area contributed by atoms with Crippen LogP contribution >= 0.6 is 0 Å². The summed E-state index contributed by atoms with van der Waals surface area (Å²) in [6, 6.07) is 0. The summed E-state index contributed by atoms with van der Waals surface area (Å²) in [5.41, 5.74) is 1.47. The van der Waals surface area contributed by atoms with Gasteiger partial charge in [0.25, 0.3) is 0 Å². The summed E-state index contributed by atoms with van der Waals surface area (Å²) in [6.07, 6.45) is 4.73. The molecule has 4 fully saturated rings. The first-order chi connectivity index (χ1) is 12.6. The first-order valence-electron chi connectivity index (χ1n) is 10.3. The molecule has 0 radical (unpaired) electrons. The minimum atomic E-state index is -0.645. The van der Waals surface area contributed by atoms with Crippen molar-refractivity contribution in [3.63, 3.8) is 0 Å². The zero-order chi connectivity index (χ0) is 19.6. The molecule has 0 aromatic carbocycles. The molecule has 0 aromatic heterocycles. The van der Waals surface area contributed by atoms with Crippen molar-refractivity contribution in [2.24, 2.45) is 34.5 Å². The molecule has 7 unspecified atom stereocenters. The number of hydrogen-bond acceptors (Lipinski definition) is 5. The van der Waals surface area contributed by atoms with Crippen LogP contribution in [0.1, 0.15) is 66.2 Å². The molecule has 0 N–H and O–H groups in total. The highest BCUT2D eigenvalue weighted by molar-refractivity contribution is 5.72. The molecule has 0 bridgehead atoms. The van der Waals surface area contributed by atoms with E-state index in [1.54, 1.807) is 0 Å². The van der Waals surface area contributed by atoms with E-state index in [9.17, 15) is 9.59 Å². The zero-order valence-corrected chi connectivity index (χ0v) is 17.0. The van der Waals surface area contributed by atoms with Crippen LogP contribution in [0, 0.1) is 34.5 Å². The smallest absolute Gasteiger partial charge is 0.308 e. The number of rotatable bonds is 2. The van der Waals surface area contributed by atoms with Gasteiger partial charge >= 0.3 is 11.9 Å². The molecule has 2 aliphatic heterocycles. The first kappa shape index (κ1) is 19.0. The molecule has 7 atom stereocenters. The van der Waals surface area contributed by atoms with E-state index in [-0.39, 0.29) is 34.6 Å². The fourth-order valence-corrected chi connectivity index (χ4v) is 6.79. The average molecular weight is 376 g/mol. The normalized spacial score (nSPS) is 45.8. The molecule has 2 heterocycles. The maximum Gasteiger partial charge on any atom is 0.308 e. The highest BCUT2D eigenvalue weighted by atomic mass is 16.8. The van der Waals surface area contributed by atoms with Crippen LogP contribution in [0.25, 0.3) is 0 Å². The lowest BCUT2D eigenvalue weighted by molar-refractivity contribution is -0.214. The lowest BCUT2D eigenvalue weighted by Gasteiger charge is -2.44. The Kier molecular flexibility index (Phi) is 4.45. The van der Waals surface area contributed by atoms with Gasteiger partial charge in [-0.05, 0) is 54.8 Å². The van der Waals surface area contributed by atoms with E-state index in [1.165, 1.54) is 25.3 Å². The van der Waals surface area contributed by atoms with Gasteiger partial charge in [0.1, 0.15) is 0 Å². The van der Waals surface area contributed by atoms with E-state index in [0.717, 1.165) is 19.3 Å². The van der Waals surface area contributed by atoms with Gasteiger partial charge in [0.2, 0.25) is 12.6 Å². The standard InChI is InChI=1S/C22H32O5/c1-12-7-6-9-21(3,4)15-8-10-22(5,17(12)15)18-14-11-16(24)26-19(14)27-20(18)25-13(2)23/h14-15,17-20H,1,6-11H2,2-5H3. The number of allylic oxidation sites excluding steroid dienone is 1. The van der Waals surface area contributed by atoms with Crippen LogP contribution in [0.4, 0.5) is 0 Å². The summed E-state index contributed by atoms with van der Waals surface area (Å²) >= 11 is 0. The molecule has 2 saturated carbocycles. The van der Waals surface area contributed by atoms with E-state index in [0.29, 0.717) is 18.3 Å². The van der Waals surface area contributed by atoms with Crippen LogP contribution in [-0.2, 0) is 23.8 Å². The minimum Gasteiger partial charge on any atom is -0.435 e. The molecule has 0 amide bonds. The molecule has 0 aromatic rings. The Bertz CT molecular complexity index is 668. The predicted octanol–water partition coefficient (Wildman–Crippen LogP) is 4.21. The van der Waals surface area contributed by atoms with E-state index < -0.39 is 12.6 Å². The number of hydrogen-bond donors (Lipinski definition) is 0. The second-order valence-electron chi connectivity index (χ2n) is 9.99. The van der Waals surface area contributed by atoms with Gasteiger partial charge in [-0.1, -0.05) is 32.9 Å². The summed E-state index contributed by atoms with van der Waals surface area (Å²) in [4.78, 5) is 23.7. The number of carbonyl (C=O) groups excluding carboxylic acids is 2. The quantitative estimate of drug-likeness (QED) is 0.534. The predicted molar refractivity (Wildman–Crippen MR) is 99.2 cm³/mol.